The molecule has 0 N–H and O–H groups in total. The van der Waals surface area contributed by atoms with Crippen LogP contribution in [0.2, 0.25) is 18.1 Å². The van der Waals surface area contributed by atoms with Crippen LogP contribution in [0.25, 0.3) is 0 Å². The summed E-state index contributed by atoms with van der Waals surface area (Å²) in [6, 6.07) is 0. The van der Waals surface area contributed by atoms with Gasteiger partial charge in [0, 0.05) is 6.10 Å². The van der Waals surface area contributed by atoms with Crippen molar-refractivity contribution in [1.82, 2.24) is 0 Å². The number of hydrogen-bond donors (Lipinski definition) is 0. The van der Waals surface area contributed by atoms with Crippen molar-refractivity contribution in [1.29, 1.82) is 0 Å². The fraction of sp³-hybridized carbons (Fsp3) is 0.938. The van der Waals surface area contributed by atoms with Gasteiger partial charge >= 0.3 is 5.97 Å². The molecular weight excluding hydrogens is 268 g/mol. The molecule has 0 aromatic heterocycles. The first-order valence-corrected chi connectivity index (χ1v) is 10.9. The Morgan fingerprint density at radius 2 is 1.80 bits per heavy atom. The van der Waals surface area contributed by atoms with Gasteiger partial charge in [0.05, 0.1) is 12.5 Å². The molecule has 20 heavy (non-hydrogen) atoms. The average molecular weight is 301 g/mol. The topological polar surface area (TPSA) is 35.5 Å². The SMILES string of the molecule is CCOC(=O)[C@@H]1C[C@H](O[Si](C)(C)C(C)(C)C)C[C@H]1CC. The molecule has 3 atom stereocenters. The lowest BCUT2D eigenvalue weighted by atomic mass is 9.94. The maximum atomic E-state index is 12.1. The van der Waals surface area contributed by atoms with E-state index in [2.05, 4.69) is 40.8 Å². The van der Waals surface area contributed by atoms with Crippen LogP contribution in [-0.2, 0) is 14.0 Å². The Labute approximate surface area is 125 Å². The van der Waals surface area contributed by atoms with E-state index in [0.717, 1.165) is 19.3 Å². The lowest BCUT2D eigenvalue weighted by Gasteiger charge is -2.38. The third kappa shape index (κ3) is 4.07. The third-order valence-electron chi connectivity index (χ3n) is 5.03. The summed E-state index contributed by atoms with van der Waals surface area (Å²) in [4.78, 5) is 12.1. The predicted molar refractivity (Wildman–Crippen MR) is 85.2 cm³/mol. The summed E-state index contributed by atoms with van der Waals surface area (Å²) in [7, 11) is -1.75. The maximum Gasteiger partial charge on any atom is 0.309 e. The minimum atomic E-state index is -1.75. The van der Waals surface area contributed by atoms with Gasteiger partial charge in [0.15, 0.2) is 8.32 Å². The summed E-state index contributed by atoms with van der Waals surface area (Å²) < 4.78 is 11.7. The van der Waals surface area contributed by atoms with Crippen molar-refractivity contribution >= 4 is 14.3 Å². The van der Waals surface area contributed by atoms with Gasteiger partial charge in [-0.2, -0.15) is 0 Å². The summed E-state index contributed by atoms with van der Waals surface area (Å²) >= 11 is 0. The van der Waals surface area contributed by atoms with Gasteiger partial charge < -0.3 is 9.16 Å². The highest BCUT2D eigenvalue weighted by Gasteiger charge is 2.44. The fourth-order valence-electron chi connectivity index (χ4n) is 2.75. The zero-order chi connectivity index (χ0) is 15.6. The summed E-state index contributed by atoms with van der Waals surface area (Å²) in [5, 5.41) is 0.219. The van der Waals surface area contributed by atoms with Crippen LogP contribution >= 0.6 is 0 Å². The molecular formula is C16H32O3Si. The molecule has 0 aliphatic heterocycles. The normalized spacial score (nSPS) is 27.6. The first-order chi connectivity index (χ1) is 9.12. The van der Waals surface area contributed by atoms with Crippen LogP contribution < -0.4 is 0 Å². The van der Waals surface area contributed by atoms with Crippen LogP contribution in [0.4, 0.5) is 0 Å². The molecule has 0 spiro atoms. The van der Waals surface area contributed by atoms with Crippen molar-refractivity contribution < 1.29 is 14.0 Å². The molecule has 0 aromatic rings. The number of esters is 1. The monoisotopic (exact) mass is 300 g/mol. The van der Waals surface area contributed by atoms with Gasteiger partial charge in [0.25, 0.3) is 0 Å². The fourth-order valence-corrected chi connectivity index (χ4v) is 4.13. The highest BCUT2D eigenvalue weighted by molar-refractivity contribution is 6.74. The summed E-state index contributed by atoms with van der Waals surface area (Å²) in [6.07, 6.45) is 3.10. The summed E-state index contributed by atoms with van der Waals surface area (Å²) in [5.41, 5.74) is 0. The van der Waals surface area contributed by atoms with E-state index in [4.69, 9.17) is 9.16 Å². The van der Waals surface area contributed by atoms with E-state index in [1.54, 1.807) is 0 Å². The Bertz CT molecular complexity index is 333. The number of ether oxygens (including phenoxy) is 1. The Hall–Kier alpha value is -0.353. The third-order valence-corrected chi connectivity index (χ3v) is 9.57. The van der Waals surface area contributed by atoms with E-state index in [9.17, 15) is 4.79 Å². The molecule has 1 aliphatic carbocycles. The van der Waals surface area contributed by atoms with Gasteiger partial charge in [-0.25, -0.2) is 0 Å². The van der Waals surface area contributed by atoms with E-state index in [1.807, 2.05) is 6.92 Å². The van der Waals surface area contributed by atoms with Crippen LogP contribution in [-0.4, -0.2) is 27.0 Å². The Morgan fingerprint density at radius 3 is 2.25 bits per heavy atom. The molecule has 0 heterocycles. The smallest absolute Gasteiger partial charge is 0.309 e. The highest BCUT2D eigenvalue weighted by atomic mass is 28.4. The Balaban J connectivity index is 2.70. The van der Waals surface area contributed by atoms with E-state index in [-0.39, 0.29) is 23.0 Å². The molecule has 1 saturated carbocycles. The van der Waals surface area contributed by atoms with Gasteiger partial charge in [-0.05, 0) is 43.8 Å². The zero-order valence-electron chi connectivity index (χ0n) is 14.3. The lowest BCUT2D eigenvalue weighted by molar-refractivity contribution is -0.149. The molecule has 118 valence electrons. The number of carbonyl (C=O) groups excluding carboxylic acids is 1. The van der Waals surface area contributed by atoms with Crippen molar-refractivity contribution in [2.75, 3.05) is 6.61 Å². The lowest BCUT2D eigenvalue weighted by Crippen LogP contribution is -2.43. The van der Waals surface area contributed by atoms with Crippen LogP contribution in [0.3, 0.4) is 0 Å². The van der Waals surface area contributed by atoms with Crippen LogP contribution in [0.1, 0.15) is 53.9 Å². The molecule has 1 aliphatic rings. The summed E-state index contributed by atoms with van der Waals surface area (Å²) in [5.74, 6) is 0.430. The van der Waals surface area contributed by atoms with E-state index in [0.29, 0.717) is 12.5 Å². The minimum Gasteiger partial charge on any atom is -0.466 e. The van der Waals surface area contributed by atoms with Crippen molar-refractivity contribution in [3.8, 4) is 0 Å². The maximum absolute atomic E-state index is 12.1. The number of carbonyl (C=O) groups is 1. The largest absolute Gasteiger partial charge is 0.466 e. The van der Waals surface area contributed by atoms with E-state index < -0.39 is 8.32 Å². The van der Waals surface area contributed by atoms with Gasteiger partial charge in [-0.15, -0.1) is 0 Å². The molecule has 0 aromatic carbocycles. The van der Waals surface area contributed by atoms with Gasteiger partial charge in [-0.3, -0.25) is 4.79 Å². The molecule has 0 saturated heterocycles. The number of hydrogen-bond acceptors (Lipinski definition) is 3. The van der Waals surface area contributed by atoms with Crippen molar-refractivity contribution in [3.05, 3.63) is 0 Å². The quantitative estimate of drug-likeness (QED) is 0.558. The standard InChI is InChI=1S/C16H32O3Si/c1-8-12-10-13(11-14(12)15(17)18-9-2)19-20(6,7)16(3,4)5/h12-14H,8-11H2,1-7H3/t12-,13-,14-/m1/s1. The van der Waals surface area contributed by atoms with Gasteiger partial charge in [0.1, 0.15) is 0 Å². The zero-order valence-corrected chi connectivity index (χ0v) is 15.3. The summed E-state index contributed by atoms with van der Waals surface area (Å²) in [6.45, 7) is 15.8. The molecule has 4 heteroatoms. The Kier molecular flexibility index (Phi) is 5.85. The van der Waals surface area contributed by atoms with Crippen molar-refractivity contribution in [2.45, 2.75) is 78.1 Å². The minimum absolute atomic E-state index is 0.0271. The molecule has 3 nitrogen and oxygen atoms in total. The first-order valence-electron chi connectivity index (χ1n) is 7.96. The molecule has 0 bridgehead atoms. The molecule has 1 fully saturated rings. The molecule has 1 rings (SSSR count). The average Bonchev–Trinajstić information content (AvgIpc) is 2.70. The molecule has 0 radical (unpaired) electrons. The molecule has 0 amide bonds. The Morgan fingerprint density at radius 1 is 1.20 bits per heavy atom. The highest BCUT2D eigenvalue weighted by Crippen LogP contribution is 2.43. The number of rotatable bonds is 5. The van der Waals surface area contributed by atoms with E-state index >= 15 is 0 Å². The van der Waals surface area contributed by atoms with Gasteiger partial charge in [0.2, 0.25) is 0 Å². The second kappa shape index (κ2) is 6.61. The second-order valence-corrected chi connectivity index (χ2v) is 12.3. The van der Waals surface area contributed by atoms with Gasteiger partial charge in [-0.1, -0.05) is 34.1 Å². The molecule has 0 unspecified atom stereocenters. The van der Waals surface area contributed by atoms with Crippen molar-refractivity contribution in [3.63, 3.8) is 0 Å². The van der Waals surface area contributed by atoms with E-state index in [1.165, 1.54) is 0 Å². The first kappa shape index (κ1) is 17.7. The van der Waals surface area contributed by atoms with Crippen LogP contribution in [0, 0.1) is 11.8 Å². The van der Waals surface area contributed by atoms with Crippen LogP contribution in [0.15, 0.2) is 0 Å². The van der Waals surface area contributed by atoms with Crippen LogP contribution in [0.5, 0.6) is 0 Å². The van der Waals surface area contributed by atoms with Crippen molar-refractivity contribution in [2.24, 2.45) is 11.8 Å². The predicted octanol–water partition coefficient (Wildman–Crippen LogP) is 4.38. The second-order valence-electron chi connectivity index (χ2n) is 7.50.